The van der Waals surface area contributed by atoms with Gasteiger partial charge in [0.1, 0.15) is 0 Å². The molecule has 0 saturated heterocycles. The highest BCUT2D eigenvalue weighted by Gasteiger charge is 2.06. The summed E-state index contributed by atoms with van der Waals surface area (Å²) < 4.78 is 1.85. The minimum absolute atomic E-state index is 0.514. The Morgan fingerprint density at radius 1 is 1.33 bits per heavy atom. The van der Waals surface area contributed by atoms with Crippen LogP contribution in [0.5, 0.6) is 0 Å². The summed E-state index contributed by atoms with van der Waals surface area (Å²) in [6.07, 6.45) is 5.48. The van der Waals surface area contributed by atoms with Gasteiger partial charge < -0.3 is 5.73 Å². The summed E-state index contributed by atoms with van der Waals surface area (Å²) in [6.45, 7) is 2.55. The van der Waals surface area contributed by atoms with Gasteiger partial charge in [0, 0.05) is 42.8 Å². The SMILES string of the molecule is Cc1c(-c2cncc(CN)c2)cnn1C. The predicted octanol–water partition coefficient (Wildman–Crippen LogP) is 1.25. The summed E-state index contributed by atoms with van der Waals surface area (Å²) in [5.74, 6) is 0. The molecule has 15 heavy (non-hydrogen) atoms. The average molecular weight is 202 g/mol. The molecular formula is C11H14N4. The van der Waals surface area contributed by atoms with E-state index >= 15 is 0 Å². The van der Waals surface area contributed by atoms with Crippen LogP contribution in [-0.2, 0) is 13.6 Å². The highest BCUT2D eigenvalue weighted by Crippen LogP contribution is 2.22. The quantitative estimate of drug-likeness (QED) is 0.797. The summed E-state index contributed by atoms with van der Waals surface area (Å²) in [4.78, 5) is 4.17. The Morgan fingerprint density at radius 2 is 2.13 bits per heavy atom. The number of nitrogens with zero attached hydrogens (tertiary/aromatic N) is 3. The Morgan fingerprint density at radius 3 is 2.73 bits per heavy atom. The zero-order valence-electron chi connectivity index (χ0n) is 8.94. The van der Waals surface area contributed by atoms with Crippen molar-refractivity contribution < 1.29 is 0 Å². The molecule has 2 heterocycles. The summed E-state index contributed by atoms with van der Waals surface area (Å²) in [6, 6.07) is 2.05. The van der Waals surface area contributed by atoms with E-state index in [0.29, 0.717) is 6.54 Å². The lowest BCUT2D eigenvalue weighted by atomic mass is 10.1. The van der Waals surface area contributed by atoms with Crippen molar-refractivity contribution in [2.24, 2.45) is 12.8 Å². The van der Waals surface area contributed by atoms with E-state index in [1.54, 1.807) is 6.20 Å². The van der Waals surface area contributed by atoms with Gasteiger partial charge in [-0.05, 0) is 18.6 Å². The molecule has 0 aliphatic heterocycles. The fraction of sp³-hybridized carbons (Fsp3) is 0.273. The average Bonchev–Trinajstić information content (AvgIpc) is 2.60. The number of hydrogen-bond donors (Lipinski definition) is 1. The molecule has 0 saturated carbocycles. The molecule has 78 valence electrons. The van der Waals surface area contributed by atoms with E-state index < -0.39 is 0 Å². The van der Waals surface area contributed by atoms with Gasteiger partial charge in [-0.15, -0.1) is 0 Å². The molecule has 0 atom stereocenters. The summed E-state index contributed by atoms with van der Waals surface area (Å²) in [5.41, 5.74) is 9.93. The first-order valence-electron chi connectivity index (χ1n) is 4.85. The highest BCUT2D eigenvalue weighted by molar-refractivity contribution is 5.64. The Kier molecular flexibility index (Phi) is 2.51. The van der Waals surface area contributed by atoms with Gasteiger partial charge in [0.2, 0.25) is 0 Å². The molecule has 4 nitrogen and oxygen atoms in total. The van der Waals surface area contributed by atoms with E-state index in [0.717, 1.165) is 22.4 Å². The van der Waals surface area contributed by atoms with Crippen LogP contribution in [-0.4, -0.2) is 14.8 Å². The van der Waals surface area contributed by atoms with E-state index in [2.05, 4.69) is 16.1 Å². The number of hydrogen-bond acceptors (Lipinski definition) is 3. The number of aryl methyl sites for hydroxylation is 1. The van der Waals surface area contributed by atoms with E-state index in [9.17, 15) is 0 Å². The Balaban J connectivity index is 2.49. The molecular weight excluding hydrogens is 188 g/mol. The van der Waals surface area contributed by atoms with Crippen LogP contribution in [0.15, 0.2) is 24.7 Å². The number of rotatable bonds is 2. The second-order valence-electron chi connectivity index (χ2n) is 3.55. The molecule has 0 spiro atoms. The minimum Gasteiger partial charge on any atom is -0.326 e. The maximum atomic E-state index is 5.58. The largest absolute Gasteiger partial charge is 0.326 e. The number of aromatic nitrogens is 3. The van der Waals surface area contributed by atoms with Crippen molar-refractivity contribution in [2.45, 2.75) is 13.5 Å². The first-order chi connectivity index (χ1) is 7.22. The maximum absolute atomic E-state index is 5.58. The van der Waals surface area contributed by atoms with Gasteiger partial charge in [-0.25, -0.2) is 0 Å². The monoisotopic (exact) mass is 202 g/mol. The topological polar surface area (TPSA) is 56.7 Å². The van der Waals surface area contributed by atoms with Gasteiger partial charge in [-0.2, -0.15) is 5.10 Å². The molecule has 2 rings (SSSR count). The molecule has 0 bridgehead atoms. The van der Waals surface area contributed by atoms with Crippen molar-refractivity contribution in [3.8, 4) is 11.1 Å². The number of nitrogens with two attached hydrogens (primary N) is 1. The first kappa shape index (κ1) is 9.86. The summed E-state index contributed by atoms with van der Waals surface area (Å²) in [5, 5.41) is 4.21. The van der Waals surface area contributed by atoms with E-state index in [1.165, 1.54) is 0 Å². The van der Waals surface area contributed by atoms with Crippen molar-refractivity contribution >= 4 is 0 Å². The Bertz CT molecular complexity index is 473. The van der Waals surface area contributed by atoms with Gasteiger partial charge in [-0.1, -0.05) is 0 Å². The third-order valence-corrected chi connectivity index (χ3v) is 2.58. The fourth-order valence-corrected chi connectivity index (χ4v) is 1.53. The van der Waals surface area contributed by atoms with Crippen LogP contribution in [0, 0.1) is 6.92 Å². The predicted molar refractivity (Wildman–Crippen MR) is 59.1 cm³/mol. The molecule has 0 aliphatic rings. The van der Waals surface area contributed by atoms with E-state index in [1.807, 2.05) is 31.0 Å². The van der Waals surface area contributed by atoms with Gasteiger partial charge in [-0.3, -0.25) is 9.67 Å². The van der Waals surface area contributed by atoms with Crippen LogP contribution in [0.2, 0.25) is 0 Å². The van der Waals surface area contributed by atoms with Crippen LogP contribution in [0.25, 0.3) is 11.1 Å². The third-order valence-electron chi connectivity index (χ3n) is 2.58. The van der Waals surface area contributed by atoms with Crippen LogP contribution < -0.4 is 5.73 Å². The van der Waals surface area contributed by atoms with Gasteiger partial charge in [0.15, 0.2) is 0 Å². The Hall–Kier alpha value is -1.68. The van der Waals surface area contributed by atoms with Gasteiger partial charge >= 0.3 is 0 Å². The first-order valence-corrected chi connectivity index (χ1v) is 4.85. The zero-order valence-corrected chi connectivity index (χ0v) is 8.94. The third kappa shape index (κ3) is 1.76. The molecule has 0 fully saturated rings. The van der Waals surface area contributed by atoms with Crippen LogP contribution >= 0.6 is 0 Å². The Labute approximate surface area is 88.8 Å². The summed E-state index contributed by atoms with van der Waals surface area (Å²) in [7, 11) is 1.93. The van der Waals surface area contributed by atoms with Gasteiger partial charge in [0.25, 0.3) is 0 Å². The lowest BCUT2D eigenvalue weighted by Gasteiger charge is -2.02. The van der Waals surface area contributed by atoms with Crippen molar-refractivity contribution in [2.75, 3.05) is 0 Å². The van der Waals surface area contributed by atoms with Crippen LogP contribution in [0.1, 0.15) is 11.3 Å². The second-order valence-corrected chi connectivity index (χ2v) is 3.55. The molecule has 0 aliphatic carbocycles. The maximum Gasteiger partial charge on any atom is 0.0571 e. The van der Waals surface area contributed by atoms with Crippen LogP contribution in [0.4, 0.5) is 0 Å². The van der Waals surface area contributed by atoms with Crippen molar-refractivity contribution in [3.05, 3.63) is 35.9 Å². The van der Waals surface area contributed by atoms with Gasteiger partial charge in [0.05, 0.1) is 6.20 Å². The van der Waals surface area contributed by atoms with Crippen molar-refractivity contribution in [3.63, 3.8) is 0 Å². The zero-order chi connectivity index (χ0) is 10.8. The molecule has 2 aromatic heterocycles. The van der Waals surface area contributed by atoms with E-state index in [4.69, 9.17) is 5.73 Å². The molecule has 0 radical (unpaired) electrons. The second kappa shape index (κ2) is 3.82. The molecule has 0 amide bonds. The fourth-order valence-electron chi connectivity index (χ4n) is 1.53. The molecule has 0 aromatic carbocycles. The molecule has 4 heteroatoms. The lowest BCUT2D eigenvalue weighted by Crippen LogP contribution is -1.97. The van der Waals surface area contributed by atoms with Crippen molar-refractivity contribution in [1.82, 2.24) is 14.8 Å². The highest BCUT2D eigenvalue weighted by atomic mass is 15.3. The van der Waals surface area contributed by atoms with E-state index in [-0.39, 0.29) is 0 Å². The molecule has 0 unspecified atom stereocenters. The normalized spacial score (nSPS) is 10.6. The smallest absolute Gasteiger partial charge is 0.0571 e. The molecule has 2 N–H and O–H groups in total. The standard InChI is InChI=1S/C11H14N4/c1-8-11(7-14-15(8)2)10-3-9(4-12)5-13-6-10/h3,5-7H,4,12H2,1-2H3. The molecule has 2 aromatic rings. The lowest BCUT2D eigenvalue weighted by molar-refractivity contribution is 0.740. The minimum atomic E-state index is 0.514. The number of pyridine rings is 1. The van der Waals surface area contributed by atoms with Crippen LogP contribution in [0.3, 0.4) is 0 Å². The summed E-state index contributed by atoms with van der Waals surface area (Å²) >= 11 is 0. The van der Waals surface area contributed by atoms with Crippen molar-refractivity contribution in [1.29, 1.82) is 0 Å².